The molecule has 0 aromatic rings. The molecule has 0 fully saturated rings. The van der Waals surface area contributed by atoms with E-state index >= 15 is 0 Å². The van der Waals surface area contributed by atoms with Gasteiger partial charge in [0.1, 0.15) is 6.61 Å². The average Bonchev–Trinajstić information content (AvgIpc) is 2.19. The predicted octanol–water partition coefficient (Wildman–Crippen LogP) is -0.0404. The summed E-state index contributed by atoms with van der Waals surface area (Å²) in [5, 5.41) is 0. The van der Waals surface area contributed by atoms with Crippen LogP contribution in [0.2, 0.25) is 0 Å². The average molecular weight is 216 g/mol. The van der Waals surface area contributed by atoms with E-state index in [9.17, 15) is 9.59 Å². The minimum absolute atomic E-state index is 0.0159. The summed E-state index contributed by atoms with van der Waals surface area (Å²) in [7, 11) is 3.06. The summed E-state index contributed by atoms with van der Waals surface area (Å²) < 4.78 is 4.70. The van der Waals surface area contributed by atoms with Gasteiger partial charge >= 0.3 is 0 Å². The van der Waals surface area contributed by atoms with Crippen LogP contribution in [0.1, 0.15) is 13.8 Å². The first-order valence-corrected chi connectivity index (χ1v) is 5.07. The first kappa shape index (κ1) is 13.9. The van der Waals surface area contributed by atoms with Crippen LogP contribution in [0.25, 0.3) is 0 Å². The number of hydrogen-bond donors (Lipinski definition) is 0. The number of rotatable bonds is 6. The van der Waals surface area contributed by atoms with E-state index in [2.05, 4.69) is 0 Å². The van der Waals surface area contributed by atoms with Gasteiger partial charge in [-0.15, -0.1) is 0 Å². The molecule has 5 heteroatoms. The Morgan fingerprint density at radius 2 is 1.67 bits per heavy atom. The van der Waals surface area contributed by atoms with Gasteiger partial charge in [0.2, 0.25) is 11.8 Å². The molecular formula is C10H20N2O3. The normalized spacial score (nSPS) is 9.87. The molecule has 0 bridgehead atoms. The third kappa shape index (κ3) is 4.78. The largest absolute Gasteiger partial charge is 0.375 e. The molecule has 0 aliphatic heterocycles. The summed E-state index contributed by atoms with van der Waals surface area (Å²) in [6, 6.07) is 0. The van der Waals surface area contributed by atoms with Gasteiger partial charge in [-0.25, -0.2) is 0 Å². The smallest absolute Gasteiger partial charge is 0.248 e. The van der Waals surface area contributed by atoms with Crippen LogP contribution in [0, 0.1) is 0 Å². The van der Waals surface area contributed by atoms with Crippen LogP contribution in [-0.2, 0) is 14.3 Å². The van der Waals surface area contributed by atoms with Crippen molar-refractivity contribution in [2.75, 3.05) is 40.4 Å². The molecule has 0 atom stereocenters. The zero-order chi connectivity index (χ0) is 11.8. The van der Waals surface area contributed by atoms with Crippen LogP contribution in [-0.4, -0.2) is 62.0 Å². The third-order valence-corrected chi connectivity index (χ3v) is 2.18. The fraction of sp³-hybridized carbons (Fsp3) is 0.800. The predicted molar refractivity (Wildman–Crippen MR) is 57.4 cm³/mol. The number of carbonyl (C=O) groups excluding carboxylic acids is 2. The minimum Gasteiger partial charge on any atom is -0.375 e. The standard InChI is InChI=1S/C10H20N2O3/c1-5-12(6-2)9(13)7-11(3)10(14)8-15-4/h5-8H2,1-4H3. The van der Waals surface area contributed by atoms with Gasteiger partial charge < -0.3 is 14.5 Å². The maximum atomic E-state index is 11.6. The van der Waals surface area contributed by atoms with E-state index < -0.39 is 0 Å². The fourth-order valence-electron chi connectivity index (χ4n) is 1.20. The molecule has 15 heavy (non-hydrogen) atoms. The van der Waals surface area contributed by atoms with Crippen LogP contribution >= 0.6 is 0 Å². The number of nitrogens with zero attached hydrogens (tertiary/aromatic N) is 2. The number of likely N-dealkylation sites (N-methyl/N-ethyl adjacent to an activating group) is 2. The molecule has 0 aromatic carbocycles. The minimum atomic E-state index is -0.182. The Morgan fingerprint density at radius 3 is 2.07 bits per heavy atom. The van der Waals surface area contributed by atoms with Crippen molar-refractivity contribution in [3.63, 3.8) is 0 Å². The Bertz CT molecular complexity index is 215. The van der Waals surface area contributed by atoms with Gasteiger partial charge in [0.05, 0.1) is 6.54 Å². The van der Waals surface area contributed by atoms with Crippen molar-refractivity contribution in [2.24, 2.45) is 0 Å². The summed E-state index contributed by atoms with van der Waals surface area (Å²) in [5.74, 6) is -0.218. The van der Waals surface area contributed by atoms with Crippen LogP contribution in [0.5, 0.6) is 0 Å². The van der Waals surface area contributed by atoms with Gasteiger partial charge in [0.25, 0.3) is 0 Å². The Kier molecular flexibility index (Phi) is 6.70. The lowest BCUT2D eigenvalue weighted by molar-refractivity contribution is -0.141. The molecular weight excluding hydrogens is 196 g/mol. The number of amides is 2. The molecule has 0 unspecified atom stereocenters. The Labute approximate surface area is 91.0 Å². The maximum absolute atomic E-state index is 11.6. The molecule has 0 radical (unpaired) electrons. The van der Waals surface area contributed by atoms with E-state index in [0.717, 1.165) is 0 Å². The van der Waals surface area contributed by atoms with Crippen LogP contribution in [0.3, 0.4) is 0 Å². The zero-order valence-corrected chi connectivity index (χ0v) is 9.95. The topological polar surface area (TPSA) is 49.9 Å². The number of ether oxygens (including phenoxy) is 1. The molecule has 2 amide bonds. The van der Waals surface area contributed by atoms with Crippen LogP contribution in [0.4, 0.5) is 0 Å². The van der Waals surface area contributed by atoms with Crippen molar-refractivity contribution in [1.29, 1.82) is 0 Å². The van der Waals surface area contributed by atoms with Crippen molar-refractivity contribution in [3.05, 3.63) is 0 Å². The van der Waals surface area contributed by atoms with E-state index in [1.54, 1.807) is 11.9 Å². The van der Waals surface area contributed by atoms with Crippen molar-refractivity contribution in [1.82, 2.24) is 9.80 Å². The lowest BCUT2D eigenvalue weighted by atomic mass is 10.4. The molecule has 0 aromatic heterocycles. The number of carbonyl (C=O) groups is 2. The Balaban J connectivity index is 4.10. The molecule has 5 nitrogen and oxygen atoms in total. The lowest BCUT2D eigenvalue weighted by Gasteiger charge is -2.22. The van der Waals surface area contributed by atoms with E-state index in [-0.39, 0.29) is 25.0 Å². The molecule has 0 aliphatic carbocycles. The maximum Gasteiger partial charge on any atom is 0.248 e. The number of methoxy groups -OCH3 is 1. The lowest BCUT2D eigenvalue weighted by Crippen LogP contribution is -2.42. The summed E-state index contributed by atoms with van der Waals surface area (Å²) in [6.07, 6.45) is 0. The monoisotopic (exact) mass is 216 g/mol. The van der Waals surface area contributed by atoms with Crippen molar-refractivity contribution < 1.29 is 14.3 Å². The summed E-state index contributed by atoms with van der Waals surface area (Å²) in [4.78, 5) is 26.0. The quantitative estimate of drug-likeness (QED) is 0.626. The highest BCUT2D eigenvalue weighted by molar-refractivity contribution is 5.85. The van der Waals surface area contributed by atoms with Crippen molar-refractivity contribution in [2.45, 2.75) is 13.8 Å². The van der Waals surface area contributed by atoms with Gasteiger partial charge in [-0.3, -0.25) is 9.59 Å². The van der Waals surface area contributed by atoms with E-state index in [1.807, 2.05) is 13.8 Å². The van der Waals surface area contributed by atoms with Gasteiger partial charge in [0.15, 0.2) is 0 Å². The molecule has 0 rings (SSSR count). The molecule has 0 spiro atoms. The van der Waals surface area contributed by atoms with Gasteiger partial charge in [0, 0.05) is 27.2 Å². The highest BCUT2D eigenvalue weighted by Crippen LogP contribution is 1.93. The first-order valence-electron chi connectivity index (χ1n) is 5.07. The van der Waals surface area contributed by atoms with Crippen molar-refractivity contribution in [3.8, 4) is 0 Å². The SMILES string of the molecule is CCN(CC)C(=O)CN(C)C(=O)COC. The zero-order valence-electron chi connectivity index (χ0n) is 9.95. The summed E-state index contributed by atoms with van der Waals surface area (Å²) in [6.45, 7) is 5.30. The second-order valence-corrected chi connectivity index (χ2v) is 3.25. The van der Waals surface area contributed by atoms with Crippen LogP contribution in [0.15, 0.2) is 0 Å². The molecule has 0 aliphatic rings. The summed E-state index contributed by atoms with van der Waals surface area (Å²) in [5.41, 5.74) is 0. The highest BCUT2D eigenvalue weighted by atomic mass is 16.5. The Hall–Kier alpha value is -1.10. The third-order valence-electron chi connectivity index (χ3n) is 2.18. The molecule has 88 valence electrons. The van der Waals surface area contributed by atoms with Gasteiger partial charge in [-0.1, -0.05) is 0 Å². The Morgan fingerprint density at radius 1 is 1.13 bits per heavy atom. The highest BCUT2D eigenvalue weighted by Gasteiger charge is 2.15. The molecule has 0 saturated heterocycles. The van der Waals surface area contributed by atoms with E-state index in [0.29, 0.717) is 13.1 Å². The second kappa shape index (κ2) is 7.23. The van der Waals surface area contributed by atoms with E-state index in [1.165, 1.54) is 12.0 Å². The van der Waals surface area contributed by atoms with Gasteiger partial charge in [-0.05, 0) is 13.8 Å². The molecule has 0 N–H and O–H groups in total. The first-order chi connectivity index (χ1) is 7.06. The molecule has 0 heterocycles. The number of hydrogen-bond acceptors (Lipinski definition) is 3. The fourth-order valence-corrected chi connectivity index (χ4v) is 1.20. The van der Waals surface area contributed by atoms with E-state index in [4.69, 9.17) is 4.74 Å². The van der Waals surface area contributed by atoms with Crippen molar-refractivity contribution >= 4 is 11.8 Å². The molecule has 0 saturated carbocycles. The second-order valence-electron chi connectivity index (χ2n) is 3.25. The van der Waals surface area contributed by atoms with Crippen LogP contribution < -0.4 is 0 Å². The summed E-state index contributed by atoms with van der Waals surface area (Å²) >= 11 is 0. The van der Waals surface area contributed by atoms with Gasteiger partial charge in [-0.2, -0.15) is 0 Å².